The lowest BCUT2D eigenvalue weighted by Crippen LogP contribution is -1.82. The minimum Gasteiger partial charge on any atom is -0.280 e. The van der Waals surface area contributed by atoms with Crippen LogP contribution >= 0.6 is 27.5 Å². The van der Waals surface area contributed by atoms with Gasteiger partial charge in [0.15, 0.2) is 0 Å². The summed E-state index contributed by atoms with van der Waals surface area (Å²) in [6, 6.07) is 4.63. The zero-order valence-electron chi connectivity index (χ0n) is 8.80. The molecule has 17 heavy (non-hydrogen) atoms. The van der Waals surface area contributed by atoms with Crippen molar-refractivity contribution in [3.63, 3.8) is 0 Å². The highest BCUT2D eigenvalue weighted by molar-refractivity contribution is 9.10. The van der Waals surface area contributed by atoms with Crippen LogP contribution in [0, 0.1) is 5.82 Å². The van der Waals surface area contributed by atoms with E-state index in [0.29, 0.717) is 5.92 Å². The molecule has 0 amide bonds. The van der Waals surface area contributed by atoms with Crippen LogP contribution in [0.4, 0.5) is 4.39 Å². The number of nitrogens with one attached hydrogen (secondary N) is 1. The molecule has 1 saturated carbocycles. The molecule has 0 spiro atoms. The van der Waals surface area contributed by atoms with Crippen LogP contribution in [-0.4, -0.2) is 10.2 Å². The summed E-state index contributed by atoms with van der Waals surface area (Å²) in [5.74, 6) is 0.172. The standard InChI is InChI=1S/C12H9BrClFN2/c13-10-11(6-1-2-6)16-17-12(10)7-3-4-9(15)8(14)5-7/h3-6H,1-2H2,(H,16,17). The number of aromatic amines is 1. The van der Waals surface area contributed by atoms with Gasteiger partial charge in [0.1, 0.15) is 11.5 Å². The Morgan fingerprint density at radius 3 is 2.82 bits per heavy atom. The van der Waals surface area contributed by atoms with Gasteiger partial charge < -0.3 is 0 Å². The Bertz CT molecular complexity index is 578. The lowest BCUT2D eigenvalue weighted by Gasteiger charge is -2.00. The molecule has 0 radical (unpaired) electrons. The molecule has 0 saturated heterocycles. The van der Waals surface area contributed by atoms with Crippen LogP contribution in [-0.2, 0) is 0 Å². The molecule has 1 aromatic carbocycles. The quantitative estimate of drug-likeness (QED) is 0.868. The van der Waals surface area contributed by atoms with E-state index in [1.807, 2.05) is 0 Å². The van der Waals surface area contributed by atoms with Crippen molar-refractivity contribution in [2.75, 3.05) is 0 Å². The van der Waals surface area contributed by atoms with E-state index >= 15 is 0 Å². The molecule has 0 aliphatic heterocycles. The number of benzene rings is 1. The highest BCUT2D eigenvalue weighted by Crippen LogP contribution is 2.44. The van der Waals surface area contributed by atoms with E-state index < -0.39 is 5.82 Å². The van der Waals surface area contributed by atoms with Crippen molar-refractivity contribution < 1.29 is 4.39 Å². The van der Waals surface area contributed by atoms with E-state index in [2.05, 4.69) is 26.1 Å². The van der Waals surface area contributed by atoms with Crippen LogP contribution in [0.3, 0.4) is 0 Å². The number of aromatic nitrogens is 2. The van der Waals surface area contributed by atoms with Crippen molar-refractivity contribution in [3.8, 4) is 11.3 Å². The number of H-pyrrole nitrogens is 1. The van der Waals surface area contributed by atoms with Gasteiger partial charge in [0.2, 0.25) is 0 Å². The summed E-state index contributed by atoms with van der Waals surface area (Å²) in [5, 5.41) is 7.42. The van der Waals surface area contributed by atoms with Crippen molar-refractivity contribution in [3.05, 3.63) is 39.2 Å². The maximum Gasteiger partial charge on any atom is 0.141 e. The summed E-state index contributed by atoms with van der Waals surface area (Å²) < 4.78 is 14.0. The van der Waals surface area contributed by atoms with Gasteiger partial charge in [-0.05, 0) is 47.0 Å². The highest BCUT2D eigenvalue weighted by Gasteiger charge is 2.29. The predicted molar refractivity (Wildman–Crippen MR) is 68.7 cm³/mol. The number of hydrogen-bond donors (Lipinski definition) is 1. The van der Waals surface area contributed by atoms with Gasteiger partial charge in [-0.1, -0.05) is 11.6 Å². The monoisotopic (exact) mass is 314 g/mol. The van der Waals surface area contributed by atoms with Gasteiger partial charge in [0.25, 0.3) is 0 Å². The molecule has 88 valence electrons. The Kier molecular flexibility index (Phi) is 2.71. The molecule has 1 aliphatic rings. The minimum atomic E-state index is -0.413. The Morgan fingerprint density at radius 1 is 1.41 bits per heavy atom. The second-order valence-electron chi connectivity index (χ2n) is 4.20. The Balaban J connectivity index is 2.05. The molecule has 0 bridgehead atoms. The van der Waals surface area contributed by atoms with Crippen molar-refractivity contribution in [1.29, 1.82) is 0 Å². The van der Waals surface area contributed by atoms with Crippen LogP contribution < -0.4 is 0 Å². The maximum atomic E-state index is 13.1. The van der Waals surface area contributed by atoms with Crippen LogP contribution in [0.25, 0.3) is 11.3 Å². The SMILES string of the molecule is Fc1ccc(-c2n[nH]c(C3CC3)c2Br)cc1Cl. The van der Waals surface area contributed by atoms with Crippen molar-refractivity contribution in [2.45, 2.75) is 18.8 Å². The summed E-state index contributed by atoms with van der Waals surface area (Å²) in [6.07, 6.45) is 2.40. The van der Waals surface area contributed by atoms with Crippen molar-refractivity contribution >= 4 is 27.5 Å². The molecule has 1 aromatic heterocycles. The van der Waals surface area contributed by atoms with Crippen LogP contribution in [0.2, 0.25) is 5.02 Å². The third-order valence-corrected chi connectivity index (χ3v) is 4.00. The van der Waals surface area contributed by atoms with Gasteiger partial charge in [-0.2, -0.15) is 5.10 Å². The van der Waals surface area contributed by atoms with E-state index in [4.69, 9.17) is 11.6 Å². The lowest BCUT2D eigenvalue weighted by molar-refractivity contribution is 0.628. The van der Waals surface area contributed by atoms with Gasteiger partial charge in [0, 0.05) is 11.5 Å². The first-order valence-corrected chi connectivity index (χ1v) is 6.53. The van der Waals surface area contributed by atoms with E-state index in [-0.39, 0.29) is 5.02 Å². The number of halogens is 3. The van der Waals surface area contributed by atoms with E-state index in [0.717, 1.165) is 21.4 Å². The van der Waals surface area contributed by atoms with Crippen molar-refractivity contribution in [2.24, 2.45) is 0 Å². The first kappa shape index (κ1) is 11.2. The molecule has 0 atom stereocenters. The molecule has 2 aromatic rings. The number of rotatable bonds is 2. The Morgan fingerprint density at radius 2 is 2.18 bits per heavy atom. The number of hydrogen-bond acceptors (Lipinski definition) is 1. The van der Waals surface area contributed by atoms with Crippen LogP contribution in [0.15, 0.2) is 22.7 Å². The third-order valence-electron chi connectivity index (χ3n) is 2.91. The van der Waals surface area contributed by atoms with E-state index in [9.17, 15) is 4.39 Å². The molecule has 3 rings (SSSR count). The largest absolute Gasteiger partial charge is 0.280 e. The Hall–Kier alpha value is -0.870. The molecule has 1 aliphatic carbocycles. The summed E-state index contributed by atoms with van der Waals surface area (Å²) in [7, 11) is 0. The first-order chi connectivity index (χ1) is 8.16. The predicted octanol–water partition coefficient (Wildman–Crippen LogP) is 4.51. The van der Waals surface area contributed by atoms with Gasteiger partial charge >= 0.3 is 0 Å². The molecule has 0 unspecified atom stereocenters. The van der Waals surface area contributed by atoms with Crippen LogP contribution in [0.5, 0.6) is 0 Å². The van der Waals surface area contributed by atoms with Gasteiger partial charge in [-0.25, -0.2) is 4.39 Å². The first-order valence-electron chi connectivity index (χ1n) is 5.36. The molecule has 5 heteroatoms. The Labute approximate surface area is 111 Å². The second kappa shape index (κ2) is 4.10. The summed E-state index contributed by atoms with van der Waals surface area (Å²) >= 11 is 9.31. The summed E-state index contributed by atoms with van der Waals surface area (Å²) in [5.41, 5.74) is 2.72. The molecular formula is C12H9BrClFN2. The fraction of sp³-hybridized carbons (Fsp3) is 0.250. The average Bonchev–Trinajstić information content (AvgIpc) is 3.07. The van der Waals surface area contributed by atoms with E-state index in [1.165, 1.54) is 18.9 Å². The molecule has 2 nitrogen and oxygen atoms in total. The summed E-state index contributed by atoms with van der Waals surface area (Å²) in [6.45, 7) is 0. The number of nitrogens with zero attached hydrogens (tertiary/aromatic N) is 1. The van der Waals surface area contributed by atoms with E-state index in [1.54, 1.807) is 12.1 Å². The molecular weight excluding hydrogens is 307 g/mol. The van der Waals surface area contributed by atoms with Gasteiger partial charge in [-0.15, -0.1) is 0 Å². The normalized spacial score (nSPS) is 15.2. The third kappa shape index (κ3) is 2.00. The molecule has 1 heterocycles. The lowest BCUT2D eigenvalue weighted by atomic mass is 10.1. The zero-order chi connectivity index (χ0) is 12.0. The fourth-order valence-corrected chi connectivity index (χ4v) is 2.73. The second-order valence-corrected chi connectivity index (χ2v) is 5.40. The smallest absolute Gasteiger partial charge is 0.141 e. The summed E-state index contributed by atoms with van der Waals surface area (Å²) in [4.78, 5) is 0. The zero-order valence-corrected chi connectivity index (χ0v) is 11.1. The fourth-order valence-electron chi connectivity index (χ4n) is 1.82. The highest BCUT2D eigenvalue weighted by atomic mass is 79.9. The molecule has 1 N–H and O–H groups in total. The van der Waals surface area contributed by atoms with Gasteiger partial charge in [-0.3, -0.25) is 5.10 Å². The van der Waals surface area contributed by atoms with Gasteiger partial charge in [0.05, 0.1) is 15.2 Å². The van der Waals surface area contributed by atoms with Crippen LogP contribution in [0.1, 0.15) is 24.5 Å². The average molecular weight is 316 g/mol. The maximum absolute atomic E-state index is 13.1. The topological polar surface area (TPSA) is 28.7 Å². The molecule has 1 fully saturated rings. The minimum absolute atomic E-state index is 0.116. The van der Waals surface area contributed by atoms with Crippen molar-refractivity contribution in [1.82, 2.24) is 10.2 Å².